The lowest BCUT2D eigenvalue weighted by molar-refractivity contribution is -0.131. The van der Waals surface area contributed by atoms with Crippen molar-refractivity contribution in [3.8, 4) is 0 Å². The Morgan fingerprint density at radius 3 is 2.86 bits per heavy atom. The molecule has 0 atom stereocenters. The summed E-state index contributed by atoms with van der Waals surface area (Å²) in [5.74, 6) is -1.17. The smallest absolute Gasteiger partial charge is 0.328 e. The molecule has 110 valence electrons. The van der Waals surface area contributed by atoms with Gasteiger partial charge in [-0.1, -0.05) is 0 Å². The molecule has 2 aromatic rings. The van der Waals surface area contributed by atoms with Gasteiger partial charge in [-0.3, -0.25) is 4.79 Å². The Kier molecular flexibility index (Phi) is 5.24. The molecule has 2 rings (SSSR count). The van der Waals surface area contributed by atoms with E-state index in [9.17, 15) is 9.59 Å². The van der Waals surface area contributed by atoms with Crippen LogP contribution in [0.4, 0.5) is 0 Å². The molecule has 0 saturated carbocycles. The number of aryl methyl sites for hydroxylation is 1. The highest BCUT2D eigenvalue weighted by atomic mass is 32.1. The van der Waals surface area contributed by atoms with Gasteiger partial charge in [0.1, 0.15) is 0 Å². The Hall–Kier alpha value is -1.99. The first kappa shape index (κ1) is 15.4. The summed E-state index contributed by atoms with van der Waals surface area (Å²) in [4.78, 5) is 27.4. The van der Waals surface area contributed by atoms with Crippen LogP contribution in [0.25, 0.3) is 6.08 Å². The van der Waals surface area contributed by atoms with E-state index in [0.29, 0.717) is 18.5 Å². The Morgan fingerprint density at radius 1 is 1.38 bits per heavy atom. The molecular weight excluding hydrogens is 308 g/mol. The molecule has 2 aromatic heterocycles. The molecule has 0 aromatic carbocycles. The van der Waals surface area contributed by atoms with Crippen LogP contribution in [0, 0.1) is 6.92 Å². The minimum absolute atomic E-state index is 0.159. The monoisotopic (exact) mass is 322 g/mol. The summed E-state index contributed by atoms with van der Waals surface area (Å²) in [5, 5.41) is 16.1. The molecule has 0 saturated heterocycles. The highest BCUT2D eigenvalue weighted by Gasteiger charge is 2.08. The molecular formula is C14H14N2O3S2. The second kappa shape index (κ2) is 7.14. The molecule has 0 aliphatic heterocycles. The Morgan fingerprint density at radius 2 is 2.19 bits per heavy atom. The van der Waals surface area contributed by atoms with Crippen molar-refractivity contribution in [2.75, 3.05) is 6.54 Å². The van der Waals surface area contributed by atoms with Crippen LogP contribution in [-0.4, -0.2) is 28.5 Å². The van der Waals surface area contributed by atoms with E-state index in [-0.39, 0.29) is 5.91 Å². The van der Waals surface area contributed by atoms with Crippen molar-refractivity contribution in [3.63, 3.8) is 0 Å². The van der Waals surface area contributed by atoms with E-state index in [1.165, 1.54) is 17.4 Å². The average Bonchev–Trinajstić information content (AvgIpc) is 3.05. The molecule has 2 N–H and O–H groups in total. The number of hydrogen-bond acceptors (Lipinski definition) is 5. The molecule has 0 unspecified atom stereocenters. The largest absolute Gasteiger partial charge is 0.478 e. The quantitative estimate of drug-likeness (QED) is 0.801. The maximum Gasteiger partial charge on any atom is 0.328 e. The number of aromatic nitrogens is 1. The van der Waals surface area contributed by atoms with Crippen LogP contribution in [-0.2, 0) is 11.2 Å². The lowest BCUT2D eigenvalue weighted by Gasteiger charge is -2.01. The minimum atomic E-state index is -1.01. The van der Waals surface area contributed by atoms with E-state index in [0.717, 1.165) is 21.7 Å². The second-order valence-electron chi connectivity index (χ2n) is 4.27. The number of carboxylic acid groups (broad SMARTS) is 1. The van der Waals surface area contributed by atoms with Gasteiger partial charge in [0, 0.05) is 34.7 Å². The summed E-state index contributed by atoms with van der Waals surface area (Å²) in [6.07, 6.45) is 3.23. The maximum absolute atomic E-state index is 11.9. The molecule has 5 nitrogen and oxygen atoms in total. The molecule has 0 fully saturated rings. The standard InChI is InChI=1S/C14H14N2O3S2/c1-9-16-11(8-20-9)4-5-15-14(19)10-6-12(21-7-10)2-3-13(17)18/h2-3,6-8H,4-5H2,1H3,(H,15,19)(H,17,18)/b3-2+. The van der Waals surface area contributed by atoms with Crippen molar-refractivity contribution in [3.05, 3.63) is 44.0 Å². The number of nitrogens with zero attached hydrogens (tertiary/aromatic N) is 1. The summed E-state index contributed by atoms with van der Waals surface area (Å²) in [6.45, 7) is 2.47. The molecule has 0 aliphatic carbocycles. The van der Waals surface area contributed by atoms with Crippen molar-refractivity contribution in [2.45, 2.75) is 13.3 Å². The number of amides is 1. The molecule has 0 aliphatic rings. The molecule has 2 heterocycles. The second-order valence-corrected chi connectivity index (χ2v) is 6.28. The average molecular weight is 322 g/mol. The number of hydrogen-bond donors (Lipinski definition) is 2. The van der Waals surface area contributed by atoms with Crippen molar-refractivity contribution in [1.29, 1.82) is 0 Å². The molecule has 0 radical (unpaired) electrons. The summed E-state index contributed by atoms with van der Waals surface area (Å²) < 4.78 is 0. The van der Waals surface area contributed by atoms with Crippen LogP contribution >= 0.6 is 22.7 Å². The first-order valence-electron chi connectivity index (χ1n) is 6.23. The number of carbonyl (C=O) groups is 2. The van der Waals surface area contributed by atoms with E-state index in [1.54, 1.807) is 22.8 Å². The topological polar surface area (TPSA) is 79.3 Å². The third-order valence-corrected chi connectivity index (χ3v) is 4.33. The van der Waals surface area contributed by atoms with Gasteiger partial charge in [-0.05, 0) is 19.1 Å². The molecule has 21 heavy (non-hydrogen) atoms. The van der Waals surface area contributed by atoms with Gasteiger partial charge in [0.25, 0.3) is 5.91 Å². The zero-order chi connectivity index (χ0) is 15.2. The van der Waals surface area contributed by atoms with Crippen molar-refractivity contribution >= 4 is 40.6 Å². The fourth-order valence-corrected chi connectivity index (χ4v) is 3.07. The van der Waals surface area contributed by atoms with E-state index >= 15 is 0 Å². The van der Waals surface area contributed by atoms with Gasteiger partial charge in [-0.2, -0.15) is 0 Å². The highest BCUT2D eigenvalue weighted by molar-refractivity contribution is 7.11. The summed E-state index contributed by atoms with van der Waals surface area (Å²) >= 11 is 2.92. The Balaban J connectivity index is 1.84. The van der Waals surface area contributed by atoms with Gasteiger partial charge in [-0.25, -0.2) is 9.78 Å². The number of nitrogens with one attached hydrogen (secondary N) is 1. The van der Waals surface area contributed by atoms with Gasteiger partial charge < -0.3 is 10.4 Å². The van der Waals surface area contributed by atoms with E-state index in [1.807, 2.05) is 12.3 Å². The van der Waals surface area contributed by atoms with Gasteiger partial charge in [0.05, 0.1) is 16.3 Å². The van der Waals surface area contributed by atoms with Gasteiger partial charge in [0.15, 0.2) is 0 Å². The van der Waals surface area contributed by atoms with Crippen LogP contribution in [0.15, 0.2) is 22.9 Å². The van der Waals surface area contributed by atoms with E-state index < -0.39 is 5.97 Å². The van der Waals surface area contributed by atoms with Crippen LogP contribution in [0.1, 0.15) is 25.9 Å². The SMILES string of the molecule is Cc1nc(CCNC(=O)c2csc(/C=C/C(=O)O)c2)cs1. The van der Waals surface area contributed by atoms with Crippen molar-refractivity contribution < 1.29 is 14.7 Å². The van der Waals surface area contributed by atoms with Crippen LogP contribution in [0.3, 0.4) is 0 Å². The lowest BCUT2D eigenvalue weighted by Crippen LogP contribution is -2.25. The molecule has 1 amide bonds. The van der Waals surface area contributed by atoms with Gasteiger partial charge >= 0.3 is 5.97 Å². The van der Waals surface area contributed by atoms with Crippen LogP contribution in [0.5, 0.6) is 0 Å². The van der Waals surface area contributed by atoms with Gasteiger partial charge in [-0.15, -0.1) is 22.7 Å². The van der Waals surface area contributed by atoms with Gasteiger partial charge in [0.2, 0.25) is 0 Å². The number of thiazole rings is 1. The summed E-state index contributed by atoms with van der Waals surface area (Å²) in [7, 11) is 0. The normalized spacial score (nSPS) is 10.9. The highest BCUT2D eigenvalue weighted by Crippen LogP contribution is 2.16. The van der Waals surface area contributed by atoms with Crippen LogP contribution < -0.4 is 5.32 Å². The summed E-state index contributed by atoms with van der Waals surface area (Å²) in [6, 6.07) is 1.67. The summed E-state index contributed by atoms with van der Waals surface area (Å²) in [5.41, 5.74) is 1.52. The number of rotatable bonds is 6. The predicted octanol–water partition coefficient (Wildman–Crippen LogP) is 2.58. The Labute approximate surface area is 130 Å². The van der Waals surface area contributed by atoms with Crippen LogP contribution in [0.2, 0.25) is 0 Å². The number of thiophene rings is 1. The van der Waals surface area contributed by atoms with Crippen molar-refractivity contribution in [2.24, 2.45) is 0 Å². The fraction of sp³-hybridized carbons (Fsp3) is 0.214. The minimum Gasteiger partial charge on any atom is -0.478 e. The Bertz CT molecular complexity index is 673. The van der Waals surface area contributed by atoms with E-state index in [4.69, 9.17) is 5.11 Å². The number of carboxylic acids is 1. The number of aliphatic carboxylic acids is 1. The fourth-order valence-electron chi connectivity index (χ4n) is 1.64. The molecule has 7 heteroatoms. The maximum atomic E-state index is 11.9. The number of carbonyl (C=O) groups excluding carboxylic acids is 1. The first-order valence-corrected chi connectivity index (χ1v) is 7.99. The molecule has 0 spiro atoms. The third-order valence-electron chi connectivity index (χ3n) is 2.61. The zero-order valence-corrected chi connectivity index (χ0v) is 13.0. The lowest BCUT2D eigenvalue weighted by atomic mass is 10.2. The predicted molar refractivity (Wildman–Crippen MR) is 83.9 cm³/mol. The van der Waals surface area contributed by atoms with E-state index in [2.05, 4.69) is 10.3 Å². The first-order chi connectivity index (χ1) is 10.0. The zero-order valence-electron chi connectivity index (χ0n) is 11.3. The van der Waals surface area contributed by atoms with Crippen molar-refractivity contribution in [1.82, 2.24) is 10.3 Å². The third kappa shape index (κ3) is 4.80. The molecule has 0 bridgehead atoms.